The Kier molecular flexibility index (Phi) is 4.29. The van der Waals surface area contributed by atoms with E-state index in [9.17, 15) is 4.79 Å². The molecule has 2 rings (SSSR count). The van der Waals surface area contributed by atoms with Gasteiger partial charge in [0.05, 0.1) is 7.11 Å². The summed E-state index contributed by atoms with van der Waals surface area (Å²) in [4.78, 5) is 12.4. The Hall–Kier alpha value is -2.33. The molecular weight excluding hydrogens is 264 g/mol. The van der Waals surface area contributed by atoms with Crippen molar-refractivity contribution in [2.24, 2.45) is 5.73 Å². The number of hydrogen-bond donors (Lipinski definition) is 2. The van der Waals surface area contributed by atoms with Gasteiger partial charge in [0.1, 0.15) is 11.3 Å². The van der Waals surface area contributed by atoms with E-state index in [4.69, 9.17) is 10.5 Å². The fourth-order valence-electron chi connectivity index (χ4n) is 2.13. The third-order valence-corrected chi connectivity index (χ3v) is 3.50. The SMILES string of the molecule is COc1ccc(NC(=O)C(C)(N)c2ccccc2)cc1C. The minimum absolute atomic E-state index is 0.252. The molecule has 0 heterocycles. The van der Waals surface area contributed by atoms with Gasteiger partial charge in [-0.05, 0) is 43.2 Å². The Morgan fingerprint density at radius 3 is 2.43 bits per heavy atom. The van der Waals surface area contributed by atoms with Gasteiger partial charge < -0.3 is 15.8 Å². The molecule has 0 spiro atoms. The zero-order valence-corrected chi connectivity index (χ0v) is 12.5. The fraction of sp³-hybridized carbons (Fsp3) is 0.235. The van der Waals surface area contributed by atoms with E-state index in [2.05, 4.69) is 5.32 Å². The second-order valence-electron chi connectivity index (χ2n) is 5.21. The van der Waals surface area contributed by atoms with Gasteiger partial charge in [0, 0.05) is 5.69 Å². The predicted molar refractivity (Wildman–Crippen MR) is 84.3 cm³/mol. The lowest BCUT2D eigenvalue weighted by Gasteiger charge is -2.24. The van der Waals surface area contributed by atoms with E-state index in [1.807, 2.05) is 49.4 Å². The van der Waals surface area contributed by atoms with Crippen molar-refractivity contribution >= 4 is 11.6 Å². The van der Waals surface area contributed by atoms with E-state index >= 15 is 0 Å². The number of carbonyl (C=O) groups is 1. The van der Waals surface area contributed by atoms with Crippen LogP contribution in [0.5, 0.6) is 5.75 Å². The first-order valence-corrected chi connectivity index (χ1v) is 6.75. The Labute approximate surface area is 124 Å². The number of anilines is 1. The highest BCUT2D eigenvalue weighted by Crippen LogP contribution is 2.24. The molecule has 21 heavy (non-hydrogen) atoms. The molecule has 3 N–H and O–H groups in total. The Bertz CT molecular complexity index is 636. The number of methoxy groups -OCH3 is 1. The second-order valence-corrected chi connectivity index (χ2v) is 5.21. The molecule has 1 amide bonds. The Morgan fingerprint density at radius 1 is 1.19 bits per heavy atom. The van der Waals surface area contributed by atoms with Crippen molar-refractivity contribution in [3.63, 3.8) is 0 Å². The van der Waals surface area contributed by atoms with Gasteiger partial charge in [0.15, 0.2) is 0 Å². The number of aryl methyl sites for hydroxylation is 1. The monoisotopic (exact) mass is 284 g/mol. The van der Waals surface area contributed by atoms with Crippen molar-refractivity contribution in [1.82, 2.24) is 0 Å². The molecule has 0 fully saturated rings. The zero-order valence-electron chi connectivity index (χ0n) is 12.5. The second kappa shape index (κ2) is 5.97. The normalized spacial score (nSPS) is 13.3. The van der Waals surface area contributed by atoms with Crippen LogP contribution in [-0.4, -0.2) is 13.0 Å². The molecule has 1 atom stereocenters. The molecular formula is C17H20N2O2. The molecule has 0 aliphatic carbocycles. The maximum atomic E-state index is 12.4. The van der Waals surface area contributed by atoms with Crippen molar-refractivity contribution in [1.29, 1.82) is 0 Å². The molecule has 0 radical (unpaired) electrons. The summed E-state index contributed by atoms with van der Waals surface area (Å²) in [6.07, 6.45) is 0. The summed E-state index contributed by atoms with van der Waals surface area (Å²) in [5.74, 6) is 0.532. The third-order valence-electron chi connectivity index (χ3n) is 3.50. The lowest BCUT2D eigenvalue weighted by atomic mass is 9.92. The Balaban J connectivity index is 2.19. The van der Waals surface area contributed by atoms with Gasteiger partial charge in [-0.25, -0.2) is 0 Å². The molecule has 0 bridgehead atoms. The molecule has 4 heteroatoms. The van der Waals surface area contributed by atoms with Gasteiger partial charge in [0.2, 0.25) is 5.91 Å². The summed E-state index contributed by atoms with van der Waals surface area (Å²) in [7, 11) is 1.62. The van der Waals surface area contributed by atoms with Crippen LogP contribution in [-0.2, 0) is 10.3 Å². The van der Waals surface area contributed by atoms with E-state index in [-0.39, 0.29) is 5.91 Å². The van der Waals surface area contributed by atoms with Crippen molar-refractivity contribution in [3.8, 4) is 5.75 Å². The largest absolute Gasteiger partial charge is 0.496 e. The maximum absolute atomic E-state index is 12.4. The average Bonchev–Trinajstić information content (AvgIpc) is 2.48. The smallest absolute Gasteiger partial charge is 0.248 e. The van der Waals surface area contributed by atoms with E-state index in [0.29, 0.717) is 5.69 Å². The topological polar surface area (TPSA) is 64.3 Å². The number of benzene rings is 2. The summed E-state index contributed by atoms with van der Waals surface area (Å²) >= 11 is 0. The standard InChI is InChI=1S/C17H20N2O2/c1-12-11-14(9-10-15(12)21-3)19-16(20)17(2,18)13-7-5-4-6-8-13/h4-11H,18H2,1-3H3,(H,19,20). The van der Waals surface area contributed by atoms with Crippen LogP contribution in [0, 0.1) is 6.92 Å². The van der Waals surface area contributed by atoms with Crippen molar-refractivity contribution < 1.29 is 9.53 Å². The minimum atomic E-state index is -1.09. The van der Waals surface area contributed by atoms with Crippen LogP contribution in [0.4, 0.5) is 5.69 Å². The van der Waals surface area contributed by atoms with Crippen LogP contribution >= 0.6 is 0 Å². The van der Waals surface area contributed by atoms with Gasteiger partial charge in [-0.1, -0.05) is 30.3 Å². The van der Waals surface area contributed by atoms with Crippen molar-refractivity contribution in [3.05, 3.63) is 59.7 Å². The number of carbonyl (C=O) groups excluding carboxylic acids is 1. The van der Waals surface area contributed by atoms with Crippen LogP contribution in [0.15, 0.2) is 48.5 Å². The van der Waals surface area contributed by atoms with Gasteiger partial charge in [0.25, 0.3) is 0 Å². The highest BCUT2D eigenvalue weighted by molar-refractivity contribution is 5.98. The first-order valence-electron chi connectivity index (χ1n) is 6.75. The summed E-state index contributed by atoms with van der Waals surface area (Å²) in [5.41, 5.74) is 7.52. The number of nitrogens with two attached hydrogens (primary N) is 1. The lowest BCUT2D eigenvalue weighted by molar-refractivity contribution is -0.120. The number of hydrogen-bond acceptors (Lipinski definition) is 3. The highest BCUT2D eigenvalue weighted by Gasteiger charge is 2.30. The van der Waals surface area contributed by atoms with Gasteiger partial charge in [-0.15, -0.1) is 0 Å². The summed E-state index contributed by atoms with van der Waals surface area (Å²) in [5, 5.41) is 2.85. The minimum Gasteiger partial charge on any atom is -0.496 e. The van der Waals surface area contributed by atoms with Crippen LogP contribution < -0.4 is 15.8 Å². The maximum Gasteiger partial charge on any atom is 0.248 e. The lowest BCUT2D eigenvalue weighted by Crippen LogP contribution is -2.45. The quantitative estimate of drug-likeness (QED) is 0.907. The molecule has 2 aromatic rings. The van der Waals surface area contributed by atoms with Crippen LogP contribution in [0.1, 0.15) is 18.1 Å². The molecule has 0 saturated carbocycles. The predicted octanol–water partition coefficient (Wildman–Crippen LogP) is 2.82. The van der Waals surface area contributed by atoms with Gasteiger partial charge in [-0.3, -0.25) is 4.79 Å². The van der Waals surface area contributed by atoms with Gasteiger partial charge in [-0.2, -0.15) is 0 Å². The molecule has 4 nitrogen and oxygen atoms in total. The summed E-state index contributed by atoms with van der Waals surface area (Å²) < 4.78 is 5.20. The van der Waals surface area contributed by atoms with Gasteiger partial charge >= 0.3 is 0 Å². The first kappa shape index (κ1) is 15.1. The van der Waals surface area contributed by atoms with E-state index in [1.54, 1.807) is 20.1 Å². The molecule has 0 aromatic heterocycles. The van der Waals surface area contributed by atoms with Crippen LogP contribution in [0.3, 0.4) is 0 Å². The van der Waals surface area contributed by atoms with E-state index in [1.165, 1.54) is 0 Å². The first-order chi connectivity index (χ1) is 9.95. The molecule has 0 aliphatic rings. The zero-order chi connectivity index (χ0) is 15.5. The number of nitrogens with one attached hydrogen (secondary N) is 1. The van der Waals surface area contributed by atoms with Crippen molar-refractivity contribution in [2.75, 3.05) is 12.4 Å². The molecule has 1 unspecified atom stereocenters. The van der Waals surface area contributed by atoms with Crippen molar-refractivity contribution in [2.45, 2.75) is 19.4 Å². The molecule has 0 saturated heterocycles. The molecule has 2 aromatic carbocycles. The van der Waals surface area contributed by atoms with E-state index < -0.39 is 5.54 Å². The average molecular weight is 284 g/mol. The molecule has 110 valence electrons. The van der Waals surface area contributed by atoms with E-state index in [0.717, 1.165) is 16.9 Å². The third kappa shape index (κ3) is 3.23. The number of amides is 1. The Morgan fingerprint density at radius 2 is 1.86 bits per heavy atom. The van der Waals surface area contributed by atoms with Crippen LogP contribution in [0.2, 0.25) is 0 Å². The highest BCUT2D eigenvalue weighted by atomic mass is 16.5. The van der Waals surface area contributed by atoms with Crippen LogP contribution in [0.25, 0.3) is 0 Å². The summed E-state index contributed by atoms with van der Waals surface area (Å²) in [6, 6.07) is 14.8. The number of rotatable bonds is 4. The molecule has 0 aliphatic heterocycles. The number of ether oxygens (including phenoxy) is 1. The fourth-order valence-corrected chi connectivity index (χ4v) is 2.13. The summed E-state index contributed by atoms with van der Waals surface area (Å²) in [6.45, 7) is 3.63.